The van der Waals surface area contributed by atoms with Crippen molar-refractivity contribution in [1.29, 1.82) is 0 Å². The van der Waals surface area contributed by atoms with Gasteiger partial charge in [0, 0.05) is 38.0 Å². The van der Waals surface area contributed by atoms with Crippen molar-refractivity contribution >= 4 is 29.1 Å². The lowest BCUT2D eigenvalue weighted by atomic mass is 10.2. The molecule has 0 radical (unpaired) electrons. The number of carbonyl (C=O) groups excluding carboxylic acids is 2. The molecule has 2 amide bonds. The van der Waals surface area contributed by atoms with Gasteiger partial charge in [-0.05, 0) is 32.0 Å². The van der Waals surface area contributed by atoms with Crippen LogP contribution in [-0.2, 0) is 9.59 Å². The molecule has 22 heavy (non-hydrogen) atoms. The zero-order chi connectivity index (χ0) is 16.7. The Labute approximate surface area is 136 Å². The van der Waals surface area contributed by atoms with Gasteiger partial charge < -0.3 is 14.5 Å². The summed E-state index contributed by atoms with van der Waals surface area (Å²) in [5, 5.41) is 0.511. The van der Waals surface area contributed by atoms with Crippen LogP contribution >= 0.6 is 11.6 Å². The number of nitrogens with zero attached hydrogens (tertiary/aromatic N) is 2. The van der Waals surface area contributed by atoms with Crippen molar-refractivity contribution in [2.45, 2.75) is 27.2 Å². The number of hydrogen-bond acceptors (Lipinski definition) is 3. The van der Waals surface area contributed by atoms with E-state index in [0.29, 0.717) is 36.1 Å². The van der Waals surface area contributed by atoms with E-state index in [4.69, 9.17) is 16.3 Å². The van der Waals surface area contributed by atoms with Crippen molar-refractivity contribution < 1.29 is 14.3 Å². The Morgan fingerprint density at radius 3 is 2.36 bits per heavy atom. The molecule has 0 heterocycles. The van der Waals surface area contributed by atoms with Crippen LogP contribution in [0.1, 0.15) is 27.2 Å². The summed E-state index contributed by atoms with van der Waals surface area (Å²) in [6.45, 7) is 6.95. The van der Waals surface area contributed by atoms with Gasteiger partial charge in [-0.2, -0.15) is 0 Å². The largest absolute Gasteiger partial charge is 0.495 e. The fraction of sp³-hybridized carbons (Fsp3) is 0.500. The summed E-state index contributed by atoms with van der Waals surface area (Å²) in [5.41, 5.74) is 0.579. The molecule has 6 heteroatoms. The molecule has 0 aromatic heterocycles. The van der Waals surface area contributed by atoms with Crippen LogP contribution in [0.25, 0.3) is 0 Å². The van der Waals surface area contributed by atoms with Gasteiger partial charge in [-0.3, -0.25) is 9.59 Å². The highest BCUT2D eigenvalue weighted by Gasteiger charge is 2.19. The Morgan fingerprint density at radius 1 is 1.23 bits per heavy atom. The van der Waals surface area contributed by atoms with E-state index in [1.807, 2.05) is 13.8 Å². The fourth-order valence-corrected chi connectivity index (χ4v) is 2.43. The zero-order valence-electron chi connectivity index (χ0n) is 13.6. The summed E-state index contributed by atoms with van der Waals surface area (Å²) in [7, 11) is 1.53. The normalized spacial score (nSPS) is 10.2. The van der Waals surface area contributed by atoms with Gasteiger partial charge in [0.15, 0.2) is 0 Å². The average molecular weight is 327 g/mol. The predicted octanol–water partition coefficient (Wildman–Crippen LogP) is 2.96. The SMILES string of the molecule is CCN(CC)C(=O)CCN(C(C)=O)c1cc(Cl)ccc1OC. The van der Waals surface area contributed by atoms with E-state index in [1.165, 1.54) is 18.9 Å². The van der Waals surface area contributed by atoms with Gasteiger partial charge in [0.25, 0.3) is 0 Å². The van der Waals surface area contributed by atoms with Crippen LogP contribution in [0.5, 0.6) is 5.75 Å². The second-order valence-corrected chi connectivity index (χ2v) is 5.24. The smallest absolute Gasteiger partial charge is 0.224 e. The highest BCUT2D eigenvalue weighted by Crippen LogP contribution is 2.31. The molecule has 0 saturated carbocycles. The molecular weight excluding hydrogens is 304 g/mol. The highest BCUT2D eigenvalue weighted by atomic mass is 35.5. The van der Waals surface area contributed by atoms with Crippen molar-refractivity contribution in [3.8, 4) is 5.75 Å². The summed E-state index contributed by atoms with van der Waals surface area (Å²) in [6, 6.07) is 5.08. The number of hydrogen-bond donors (Lipinski definition) is 0. The summed E-state index contributed by atoms with van der Waals surface area (Å²) in [4.78, 5) is 27.3. The molecule has 0 aliphatic rings. The predicted molar refractivity (Wildman–Crippen MR) is 88.6 cm³/mol. The van der Waals surface area contributed by atoms with E-state index < -0.39 is 0 Å². The third kappa shape index (κ3) is 4.63. The summed E-state index contributed by atoms with van der Waals surface area (Å²) >= 11 is 6.01. The maximum Gasteiger partial charge on any atom is 0.224 e. The Kier molecular flexibility index (Phi) is 7.18. The summed E-state index contributed by atoms with van der Waals surface area (Å²) in [5.74, 6) is 0.417. The van der Waals surface area contributed by atoms with Gasteiger partial charge in [-0.25, -0.2) is 0 Å². The Balaban J connectivity index is 2.94. The molecule has 122 valence electrons. The average Bonchev–Trinajstić information content (AvgIpc) is 2.48. The Bertz CT molecular complexity index is 530. The molecular formula is C16H23ClN2O3. The molecule has 0 spiro atoms. The van der Waals surface area contributed by atoms with E-state index in [1.54, 1.807) is 23.1 Å². The Morgan fingerprint density at radius 2 is 1.86 bits per heavy atom. The second kappa shape index (κ2) is 8.63. The standard InChI is InChI=1S/C16H23ClN2O3/c1-5-18(6-2)16(21)9-10-19(12(3)20)14-11-13(17)7-8-15(14)22-4/h7-8,11H,5-6,9-10H2,1-4H3. The van der Waals surface area contributed by atoms with E-state index in [0.717, 1.165) is 0 Å². The number of ether oxygens (including phenoxy) is 1. The number of benzene rings is 1. The topological polar surface area (TPSA) is 49.9 Å². The van der Waals surface area contributed by atoms with Crippen LogP contribution in [0, 0.1) is 0 Å². The molecule has 0 N–H and O–H groups in total. The number of amides is 2. The monoisotopic (exact) mass is 326 g/mol. The summed E-state index contributed by atoms with van der Waals surface area (Å²) < 4.78 is 5.28. The number of rotatable bonds is 7. The van der Waals surface area contributed by atoms with Crippen molar-refractivity contribution in [1.82, 2.24) is 4.90 Å². The van der Waals surface area contributed by atoms with Gasteiger partial charge in [-0.15, -0.1) is 0 Å². The molecule has 0 aliphatic heterocycles. The van der Waals surface area contributed by atoms with Gasteiger partial charge in [0.1, 0.15) is 5.75 Å². The first-order valence-corrected chi connectivity index (χ1v) is 7.71. The van der Waals surface area contributed by atoms with E-state index in [-0.39, 0.29) is 18.2 Å². The van der Waals surface area contributed by atoms with Crippen LogP contribution in [-0.4, -0.2) is 43.5 Å². The lowest BCUT2D eigenvalue weighted by molar-refractivity contribution is -0.130. The van der Waals surface area contributed by atoms with Gasteiger partial charge in [-0.1, -0.05) is 11.6 Å². The third-order valence-corrected chi connectivity index (χ3v) is 3.71. The molecule has 0 saturated heterocycles. The molecule has 5 nitrogen and oxygen atoms in total. The first-order valence-electron chi connectivity index (χ1n) is 7.33. The second-order valence-electron chi connectivity index (χ2n) is 4.80. The van der Waals surface area contributed by atoms with E-state index >= 15 is 0 Å². The number of methoxy groups -OCH3 is 1. The number of carbonyl (C=O) groups is 2. The lowest BCUT2D eigenvalue weighted by Gasteiger charge is -2.25. The quantitative estimate of drug-likeness (QED) is 0.774. The maximum atomic E-state index is 12.1. The lowest BCUT2D eigenvalue weighted by Crippen LogP contribution is -2.36. The molecule has 1 aromatic carbocycles. The first kappa shape index (κ1) is 18.3. The van der Waals surface area contributed by atoms with Crippen molar-refractivity contribution in [2.24, 2.45) is 0 Å². The van der Waals surface area contributed by atoms with Crippen molar-refractivity contribution in [2.75, 3.05) is 31.6 Å². The minimum absolute atomic E-state index is 0.0252. The molecule has 0 atom stereocenters. The molecule has 0 aliphatic carbocycles. The fourth-order valence-electron chi connectivity index (χ4n) is 2.26. The van der Waals surface area contributed by atoms with E-state index in [2.05, 4.69) is 0 Å². The third-order valence-electron chi connectivity index (χ3n) is 3.48. The van der Waals surface area contributed by atoms with Crippen LogP contribution < -0.4 is 9.64 Å². The van der Waals surface area contributed by atoms with Crippen LogP contribution in [0.2, 0.25) is 5.02 Å². The van der Waals surface area contributed by atoms with Gasteiger partial charge in [0.05, 0.1) is 12.8 Å². The van der Waals surface area contributed by atoms with Crippen LogP contribution in [0.15, 0.2) is 18.2 Å². The van der Waals surface area contributed by atoms with Crippen LogP contribution in [0.3, 0.4) is 0 Å². The van der Waals surface area contributed by atoms with Crippen LogP contribution in [0.4, 0.5) is 5.69 Å². The highest BCUT2D eigenvalue weighted by molar-refractivity contribution is 6.31. The molecule has 0 bridgehead atoms. The minimum atomic E-state index is -0.159. The maximum absolute atomic E-state index is 12.1. The molecule has 0 fully saturated rings. The Hall–Kier alpha value is -1.75. The number of anilines is 1. The summed E-state index contributed by atoms with van der Waals surface area (Å²) in [6.07, 6.45) is 0.261. The first-order chi connectivity index (χ1) is 10.4. The molecule has 1 aromatic rings. The van der Waals surface area contributed by atoms with Crippen molar-refractivity contribution in [3.63, 3.8) is 0 Å². The zero-order valence-corrected chi connectivity index (χ0v) is 14.3. The minimum Gasteiger partial charge on any atom is -0.495 e. The van der Waals surface area contributed by atoms with Gasteiger partial charge >= 0.3 is 0 Å². The number of halogens is 1. The molecule has 0 unspecified atom stereocenters. The van der Waals surface area contributed by atoms with Crippen molar-refractivity contribution in [3.05, 3.63) is 23.2 Å². The molecule has 1 rings (SSSR count). The van der Waals surface area contributed by atoms with Gasteiger partial charge in [0.2, 0.25) is 11.8 Å². The van der Waals surface area contributed by atoms with E-state index in [9.17, 15) is 9.59 Å².